The Bertz CT molecular complexity index is 931. The van der Waals surface area contributed by atoms with Crippen LogP contribution in [0.5, 0.6) is 5.75 Å². The van der Waals surface area contributed by atoms with E-state index in [1.807, 2.05) is 30.3 Å². The van der Waals surface area contributed by atoms with Crippen molar-refractivity contribution in [3.63, 3.8) is 0 Å². The van der Waals surface area contributed by atoms with Gasteiger partial charge in [0.1, 0.15) is 12.1 Å². The Balaban J connectivity index is 1.38. The van der Waals surface area contributed by atoms with Crippen LogP contribution in [0.3, 0.4) is 0 Å². The van der Waals surface area contributed by atoms with Crippen molar-refractivity contribution in [1.82, 2.24) is 14.7 Å². The molecule has 2 aromatic carbocycles. The summed E-state index contributed by atoms with van der Waals surface area (Å²) in [4.78, 5) is 8.40. The van der Waals surface area contributed by atoms with Gasteiger partial charge in [-0.25, -0.2) is 23.1 Å². The smallest absolute Gasteiger partial charge is 0.240 e. The largest absolute Gasteiger partial charge is 0.494 e. The van der Waals surface area contributed by atoms with Crippen molar-refractivity contribution in [2.75, 3.05) is 13.2 Å². The second-order valence-electron chi connectivity index (χ2n) is 5.89. The van der Waals surface area contributed by atoms with Gasteiger partial charge in [-0.15, -0.1) is 0 Å². The zero-order valence-electron chi connectivity index (χ0n) is 14.8. The van der Waals surface area contributed by atoms with Gasteiger partial charge in [0.25, 0.3) is 0 Å². The van der Waals surface area contributed by atoms with E-state index in [4.69, 9.17) is 4.74 Å². The fraction of sp³-hybridized carbons (Fsp3) is 0.200. The highest BCUT2D eigenvalue weighted by Gasteiger charge is 2.11. The number of aromatic nitrogens is 2. The van der Waals surface area contributed by atoms with Crippen LogP contribution in [0.4, 0.5) is 0 Å². The summed E-state index contributed by atoms with van der Waals surface area (Å²) in [7, 11) is -3.43. The lowest BCUT2D eigenvalue weighted by atomic mass is 10.1. The molecule has 0 unspecified atom stereocenters. The van der Waals surface area contributed by atoms with Gasteiger partial charge in [-0.3, -0.25) is 0 Å². The Morgan fingerprint density at radius 2 is 1.70 bits per heavy atom. The number of nitrogens with one attached hydrogen (secondary N) is 1. The minimum atomic E-state index is -3.43. The SMILES string of the molecule is O=S(=O)(NCCCCOc1ccc(-c2ccncn2)cc1)c1ccccc1. The van der Waals surface area contributed by atoms with Crippen molar-refractivity contribution in [2.45, 2.75) is 17.7 Å². The molecule has 0 fully saturated rings. The minimum absolute atomic E-state index is 0.282. The first-order valence-corrected chi connectivity index (χ1v) is 10.2. The molecule has 0 aliphatic carbocycles. The highest BCUT2D eigenvalue weighted by molar-refractivity contribution is 7.89. The minimum Gasteiger partial charge on any atom is -0.494 e. The van der Waals surface area contributed by atoms with Gasteiger partial charge in [0, 0.05) is 18.3 Å². The standard InChI is InChI=1S/C20H21N3O3S/c24-27(25,19-6-2-1-3-7-19)23-13-4-5-15-26-18-10-8-17(9-11-18)20-12-14-21-16-22-20/h1-3,6-12,14,16,23H,4-5,13,15H2. The lowest BCUT2D eigenvalue weighted by Gasteiger charge is -2.08. The van der Waals surface area contributed by atoms with Gasteiger partial charge in [-0.05, 0) is 55.3 Å². The highest BCUT2D eigenvalue weighted by Crippen LogP contribution is 2.20. The normalized spacial score (nSPS) is 11.3. The molecule has 3 rings (SSSR count). The van der Waals surface area contributed by atoms with Crippen molar-refractivity contribution in [2.24, 2.45) is 0 Å². The monoisotopic (exact) mass is 383 g/mol. The van der Waals surface area contributed by atoms with E-state index < -0.39 is 10.0 Å². The van der Waals surface area contributed by atoms with Crippen LogP contribution in [0.1, 0.15) is 12.8 Å². The Morgan fingerprint density at radius 1 is 0.926 bits per heavy atom. The zero-order valence-corrected chi connectivity index (χ0v) is 15.6. The number of nitrogens with zero attached hydrogens (tertiary/aromatic N) is 2. The molecule has 0 saturated heterocycles. The average molecular weight is 383 g/mol. The number of ether oxygens (including phenoxy) is 1. The third-order valence-corrected chi connectivity index (χ3v) is 5.39. The van der Waals surface area contributed by atoms with Crippen LogP contribution in [0, 0.1) is 0 Å². The van der Waals surface area contributed by atoms with E-state index in [1.165, 1.54) is 6.33 Å². The van der Waals surface area contributed by atoms with Crippen molar-refractivity contribution in [3.8, 4) is 17.0 Å². The van der Waals surface area contributed by atoms with Crippen LogP contribution in [0.2, 0.25) is 0 Å². The van der Waals surface area contributed by atoms with E-state index in [2.05, 4.69) is 14.7 Å². The molecular formula is C20H21N3O3S. The molecule has 0 saturated carbocycles. The van der Waals surface area contributed by atoms with Gasteiger partial charge in [-0.1, -0.05) is 18.2 Å². The van der Waals surface area contributed by atoms with E-state index in [9.17, 15) is 8.42 Å². The molecule has 0 aliphatic heterocycles. The van der Waals surface area contributed by atoms with Crippen LogP contribution in [0.15, 0.2) is 78.1 Å². The maximum absolute atomic E-state index is 12.1. The van der Waals surface area contributed by atoms with Crippen LogP contribution in [0.25, 0.3) is 11.3 Å². The van der Waals surface area contributed by atoms with Crippen molar-refractivity contribution in [1.29, 1.82) is 0 Å². The summed E-state index contributed by atoms with van der Waals surface area (Å²) in [5.41, 5.74) is 1.86. The predicted octanol–water partition coefficient (Wildman–Crippen LogP) is 3.28. The van der Waals surface area contributed by atoms with Gasteiger partial charge in [0.15, 0.2) is 0 Å². The van der Waals surface area contributed by atoms with Gasteiger partial charge >= 0.3 is 0 Å². The molecule has 0 bridgehead atoms. The van der Waals surface area contributed by atoms with Gasteiger partial charge < -0.3 is 4.74 Å². The summed E-state index contributed by atoms with van der Waals surface area (Å²) in [5, 5.41) is 0. The second kappa shape index (κ2) is 9.25. The number of benzene rings is 2. The summed E-state index contributed by atoms with van der Waals surface area (Å²) < 4.78 is 32.5. The summed E-state index contributed by atoms with van der Waals surface area (Å²) in [6.45, 7) is 0.910. The fourth-order valence-corrected chi connectivity index (χ4v) is 3.59. The lowest BCUT2D eigenvalue weighted by molar-refractivity contribution is 0.307. The molecule has 0 aliphatic rings. The fourth-order valence-electron chi connectivity index (χ4n) is 2.49. The van der Waals surface area contributed by atoms with E-state index >= 15 is 0 Å². The topological polar surface area (TPSA) is 81.2 Å². The van der Waals surface area contributed by atoms with Crippen LogP contribution < -0.4 is 9.46 Å². The number of rotatable bonds is 9. The summed E-state index contributed by atoms with van der Waals surface area (Å²) in [6.07, 6.45) is 4.68. The summed E-state index contributed by atoms with van der Waals surface area (Å²) >= 11 is 0. The van der Waals surface area contributed by atoms with E-state index in [-0.39, 0.29) is 4.90 Å². The molecule has 1 N–H and O–H groups in total. The molecular weight excluding hydrogens is 362 g/mol. The van der Waals surface area contributed by atoms with Crippen LogP contribution in [-0.2, 0) is 10.0 Å². The van der Waals surface area contributed by atoms with E-state index in [0.29, 0.717) is 19.6 Å². The molecule has 6 nitrogen and oxygen atoms in total. The third kappa shape index (κ3) is 5.60. The summed E-state index contributed by atoms with van der Waals surface area (Å²) in [5.74, 6) is 0.776. The molecule has 140 valence electrons. The predicted molar refractivity (Wildman–Crippen MR) is 104 cm³/mol. The molecule has 3 aromatic rings. The Morgan fingerprint density at radius 3 is 2.41 bits per heavy atom. The molecule has 27 heavy (non-hydrogen) atoms. The Kier molecular flexibility index (Phi) is 6.51. The van der Waals surface area contributed by atoms with E-state index in [0.717, 1.165) is 23.4 Å². The van der Waals surface area contributed by atoms with Gasteiger partial charge in [0.05, 0.1) is 17.2 Å². The maximum Gasteiger partial charge on any atom is 0.240 e. The maximum atomic E-state index is 12.1. The molecule has 1 aromatic heterocycles. The number of sulfonamides is 1. The van der Waals surface area contributed by atoms with Crippen molar-refractivity contribution in [3.05, 3.63) is 73.2 Å². The first-order valence-electron chi connectivity index (χ1n) is 8.69. The lowest BCUT2D eigenvalue weighted by Crippen LogP contribution is -2.25. The highest BCUT2D eigenvalue weighted by atomic mass is 32.2. The van der Waals surface area contributed by atoms with E-state index in [1.54, 1.807) is 36.5 Å². The average Bonchev–Trinajstić information content (AvgIpc) is 2.72. The third-order valence-electron chi connectivity index (χ3n) is 3.92. The quantitative estimate of drug-likeness (QED) is 0.574. The number of unbranched alkanes of at least 4 members (excludes halogenated alkanes) is 1. The Hall–Kier alpha value is -2.77. The molecule has 7 heteroatoms. The molecule has 0 amide bonds. The van der Waals surface area contributed by atoms with Crippen molar-refractivity contribution < 1.29 is 13.2 Å². The molecule has 0 spiro atoms. The first-order chi connectivity index (χ1) is 13.1. The van der Waals surface area contributed by atoms with Crippen molar-refractivity contribution >= 4 is 10.0 Å². The molecule has 0 atom stereocenters. The summed E-state index contributed by atoms with van der Waals surface area (Å²) in [6, 6.07) is 17.9. The number of hydrogen-bond acceptors (Lipinski definition) is 5. The van der Waals surface area contributed by atoms with Crippen LogP contribution >= 0.6 is 0 Å². The van der Waals surface area contributed by atoms with Gasteiger partial charge in [-0.2, -0.15) is 0 Å². The zero-order chi connectivity index (χ0) is 19.0. The second-order valence-corrected chi connectivity index (χ2v) is 7.65. The van der Waals surface area contributed by atoms with Gasteiger partial charge in [0.2, 0.25) is 10.0 Å². The Labute approximate surface area is 159 Å². The molecule has 0 radical (unpaired) electrons. The number of hydrogen-bond donors (Lipinski definition) is 1. The first kappa shape index (κ1) is 19.0. The van der Waals surface area contributed by atoms with Crippen LogP contribution in [-0.4, -0.2) is 31.5 Å². The molecule has 1 heterocycles.